The molecule has 1 amide bonds. The molecule has 0 radical (unpaired) electrons. The van der Waals surface area contributed by atoms with Crippen LogP contribution < -0.4 is 5.73 Å². The summed E-state index contributed by atoms with van der Waals surface area (Å²) in [6.07, 6.45) is 4.53. The highest BCUT2D eigenvalue weighted by molar-refractivity contribution is 6.43. The van der Waals surface area contributed by atoms with Crippen molar-refractivity contribution in [3.63, 3.8) is 0 Å². The zero-order valence-electron chi connectivity index (χ0n) is 9.31. The molecule has 1 heterocycles. The van der Waals surface area contributed by atoms with Gasteiger partial charge in [-0.2, -0.15) is 0 Å². The summed E-state index contributed by atoms with van der Waals surface area (Å²) in [4.78, 5) is 16.1. The van der Waals surface area contributed by atoms with Crippen molar-refractivity contribution in [3.05, 3.63) is 24.2 Å². The minimum Gasteiger partial charge on any atom is -0.462 e. The molecule has 0 unspecified atom stereocenters. The van der Waals surface area contributed by atoms with Crippen molar-refractivity contribution < 1.29 is 14.0 Å². The quantitative estimate of drug-likeness (QED) is 0.434. The van der Waals surface area contributed by atoms with Gasteiger partial charge in [0, 0.05) is 0 Å². The molecule has 2 N–H and O–H groups in total. The molecule has 5 nitrogen and oxygen atoms in total. The Morgan fingerprint density at radius 1 is 1.56 bits per heavy atom. The van der Waals surface area contributed by atoms with Crippen LogP contribution in [0.3, 0.4) is 0 Å². The fraction of sp³-hybridized carbons (Fsp3) is 0.455. The van der Waals surface area contributed by atoms with Gasteiger partial charge in [0.1, 0.15) is 6.61 Å². The Labute approximate surface area is 94.2 Å². The van der Waals surface area contributed by atoms with Crippen molar-refractivity contribution in [2.24, 2.45) is 10.9 Å². The van der Waals surface area contributed by atoms with Gasteiger partial charge < -0.3 is 15.0 Å². The molecule has 0 aliphatic rings. The lowest BCUT2D eigenvalue weighted by atomic mass is 10.3. The molecule has 0 aliphatic heterocycles. The highest BCUT2D eigenvalue weighted by Crippen LogP contribution is 2.03. The lowest BCUT2D eigenvalue weighted by Gasteiger charge is -2.00. The minimum atomic E-state index is -0.662. The summed E-state index contributed by atoms with van der Waals surface area (Å²) < 4.78 is 5.02. The third-order valence-electron chi connectivity index (χ3n) is 1.98. The largest absolute Gasteiger partial charge is 0.462 e. The Hall–Kier alpha value is -1.78. The molecule has 88 valence electrons. The summed E-state index contributed by atoms with van der Waals surface area (Å²) in [5.41, 5.74) is 5.17. The molecular weight excluding hydrogens is 208 g/mol. The van der Waals surface area contributed by atoms with Gasteiger partial charge in [0.05, 0.1) is 6.26 Å². The molecule has 0 aromatic carbocycles. The number of nitrogens with zero attached hydrogens (tertiary/aromatic N) is 1. The van der Waals surface area contributed by atoms with Crippen LogP contribution in [-0.2, 0) is 9.63 Å². The van der Waals surface area contributed by atoms with Crippen LogP contribution in [0, 0.1) is 0 Å². The van der Waals surface area contributed by atoms with Crippen molar-refractivity contribution >= 4 is 11.6 Å². The van der Waals surface area contributed by atoms with E-state index in [1.54, 1.807) is 12.1 Å². The second-order valence-electron chi connectivity index (χ2n) is 3.32. The molecular formula is C11H16N2O3. The first kappa shape index (κ1) is 12.3. The Balaban J connectivity index is 2.51. The molecule has 0 spiro atoms. The first-order valence-electron chi connectivity index (χ1n) is 5.29. The molecule has 0 fully saturated rings. The molecule has 0 saturated heterocycles. The number of unbranched alkanes of at least 4 members (excludes halogenated alkanes) is 2. The smallest absolute Gasteiger partial charge is 0.274 e. The molecule has 0 bridgehead atoms. The van der Waals surface area contributed by atoms with Gasteiger partial charge in [-0.1, -0.05) is 24.9 Å². The minimum absolute atomic E-state index is 0.0153. The van der Waals surface area contributed by atoms with E-state index >= 15 is 0 Å². The Bertz CT molecular complexity index is 344. The molecule has 1 rings (SSSR count). The maximum Gasteiger partial charge on any atom is 0.274 e. The molecule has 5 heteroatoms. The SMILES string of the molecule is CCCCCO/N=C(\C(N)=O)c1ccco1. The lowest BCUT2D eigenvalue weighted by molar-refractivity contribution is -0.112. The van der Waals surface area contributed by atoms with Crippen molar-refractivity contribution in [2.75, 3.05) is 6.61 Å². The first-order chi connectivity index (χ1) is 7.75. The predicted molar refractivity (Wildman–Crippen MR) is 59.9 cm³/mol. The van der Waals surface area contributed by atoms with E-state index in [9.17, 15) is 4.79 Å². The van der Waals surface area contributed by atoms with Gasteiger partial charge >= 0.3 is 0 Å². The fourth-order valence-electron chi connectivity index (χ4n) is 1.15. The summed E-state index contributed by atoms with van der Waals surface area (Å²) in [7, 11) is 0. The zero-order valence-corrected chi connectivity index (χ0v) is 9.31. The number of nitrogens with two attached hydrogens (primary N) is 1. The van der Waals surface area contributed by atoms with Crippen molar-refractivity contribution in [2.45, 2.75) is 26.2 Å². The third kappa shape index (κ3) is 3.76. The normalized spacial score (nSPS) is 11.4. The van der Waals surface area contributed by atoms with Crippen molar-refractivity contribution in [1.29, 1.82) is 0 Å². The summed E-state index contributed by atoms with van der Waals surface area (Å²) in [6, 6.07) is 3.27. The van der Waals surface area contributed by atoms with E-state index in [2.05, 4.69) is 12.1 Å². The topological polar surface area (TPSA) is 77.8 Å². The highest BCUT2D eigenvalue weighted by atomic mass is 16.6. The monoisotopic (exact) mass is 224 g/mol. The van der Waals surface area contributed by atoms with Crippen molar-refractivity contribution in [3.8, 4) is 0 Å². The number of carbonyl (C=O) groups excluding carboxylic acids is 1. The molecule has 16 heavy (non-hydrogen) atoms. The predicted octanol–water partition coefficient (Wildman–Crippen LogP) is 1.68. The Morgan fingerprint density at radius 2 is 2.38 bits per heavy atom. The number of oxime groups is 1. The Kier molecular flexibility index (Phi) is 5.11. The zero-order chi connectivity index (χ0) is 11.8. The summed E-state index contributed by atoms with van der Waals surface area (Å²) >= 11 is 0. The molecule has 0 saturated carbocycles. The second-order valence-corrected chi connectivity index (χ2v) is 3.32. The first-order valence-corrected chi connectivity index (χ1v) is 5.29. The summed E-state index contributed by atoms with van der Waals surface area (Å²) in [6.45, 7) is 2.58. The van der Waals surface area contributed by atoms with Crippen LogP contribution in [0.1, 0.15) is 31.9 Å². The number of hydrogen-bond acceptors (Lipinski definition) is 4. The number of primary amides is 1. The molecule has 0 aliphatic carbocycles. The van der Waals surface area contributed by atoms with Gasteiger partial charge in [-0.15, -0.1) is 0 Å². The van der Waals surface area contributed by atoms with E-state index in [0.29, 0.717) is 12.4 Å². The fourth-order valence-corrected chi connectivity index (χ4v) is 1.15. The van der Waals surface area contributed by atoms with E-state index < -0.39 is 5.91 Å². The third-order valence-corrected chi connectivity index (χ3v) is 1.98. The maximum absolute atomic E-state index is 11.1. The van der Waals surface area contributed by atoms with E-state index in [4.69, 9.17) is 15.0 Å². The van der Waals surface area contributed by atoms with E-state index in [0.717, 1.165) is 19.3 Å². The van der Waals surface area contributed by atoms with Gasteiger partial charge in [-0.25, -0.2) is 0 Å². The van der Waals surface area contributed by atoms with Gasteiger partial charge in [0.15, 0.2) is 5.76 Å². The van der Waals surface area contributed by atoms with E-state index in [-0.39, 0.29) is 5.71 Å². The Morgan fingerprint density at radius 3 is 2.94 bits per heavy atom. The number of carbonyl (C=O) groups is 1. The van der Waals surface area contributed by atoms with Crippen LogP contribution >= 0.6 is 0 Å². The molecule has 1 aromatic heterocycles. The van der Waals surface area contributed by atoms with Gasteiger partial charge in [0.25, 0.3) is 5.91 Å². The number of hydrogen-bond donors (Lipinski definition) is 1. The van der Waals surface area contributed by atoms with Crippen LogP contribution in [0.25, 0.3) is 0 Å². The summed E-state index contributed by atoms with van der Waals surface area (Å²) in [5, 5.41) is 3.69. The van der Waals surface area contributed by atoms with Crippen molar-refractivity contribution in [1.82, 2.24) is 0 Å². The lowest BCUT2D eigenvalue weighted by Crippen LogP contribution is -2.24. The van der Waals surface area contributed by atoms with Gasteiger partial charge in [-0.3, -0.25) is 4.79 Å². The average Bonchev–Trinajstić information content (AvgIpc) is 2.76. The van der Waals surface area contributed by atoms with Crippen LogP contribution in [-0.4, -0.2) is 18.2 Å². The number of furan rings is 1. The molecule has 1 aromatic rings. The van der Waals surface area contributed by atoms with E-state index in [1.807, 2.05) is 0 Å². The van der Waals surface area contributed by atoms with Gasteiger partial charge in [-0.05, 0) is 18.6 Å². The molecule has 0 atom stereocenters. The average molecular weight is 224 g/mol. The van der Waals surface area contributed by atoms with Crippen LogP contribution in [0.5, 0.6) is 0 Å². The standard InChI is InChI=1S/C11H16N2O3/c1-2-3-4-8-16-13-10(11(12)14)9-6-5-7-15-9/h5-7H,2-4,8H2,1H3,(H2,12,14)/b13-10-. The van der Waals surface area contributed by atoms with Crippen LogP contribution in [0.15, 0.2) is 28.0 Å². The van der Waals surface area contributed by atoms with Crippen LogP contribution in [0.2, 0.25) is 0 Å². The number of rotatable bonds is 7. The highest BCUT2D eigenvalue weighted by Gasteiger charge is 2.13. The summed E-state index contributed by atoms with van der Waals surface area (Å²) in [5.74, 6) is -0.339. The van der Waals surface area contributed by atoms with Crippen LogP contribution in [0.4, 0.5) is 0 Å². The van der Waals surface area contributed by atoms with E-state index in [1.165, 1.54) is 6.26 Å². The second kappa shape index (κ2) is 6.66. The van der Waals surface area contributed by atoms with Gasteiger partial charge in [0.2, 0.25) is 5.71 Å². The number of amides is 1. The maximum atomic E-state index is 11.1.